The Balaban J connectivity index is 2.18. The van der Waals surface area contributed by atoms with E-state index >= 15 is 0 Å². The Labute approximate surface area is 161 Å². The van der Waals surface area contributed by atoms with Crippen LogP contribution in [0.1, 0.15) is 36.6 Å². The number of amidine groups is 1. The summed E-state index contributed by atoms with van der Waals surface area (Å²) in [6, 6.07) is 9.57. The number of aliphatic hydroxyl groups is 1. The van der Waals surface area contributed by atoms with E-state index in [1.807, 2.05) is 6.19 Å². The van der Waals surface area contributed by atoms with Crippen molar-refractivity contribution in [3.63, 3.8) is 0 Å². The summed E-state index contributed by atoms with van der Waals surface area (Å²) in [6.45, 7) is 3.49. The molecule has 2 heterocycles. The van der Waals surface area contributed by atoms with Crippen molar-refractivity contribution in [3.8, 4) is 18.0 Å². The number of rotatable bonds is 2. The van der Waals surface area contributed by atoms with Crippen molar-refractivity contribution in [3.05, 3.63) is 58.4 Å². The number of halogens is 1. The lowest BCUT2D eigenvalue weighted by atomic mass is 9.86. The van der Waals surface area contributed by atoms with Crippen molar-refractivity contribution in [2.45, 2.75) is 31.6 Å². The van der Waals surface area contributed by atoms with Gasteiger partial charge < -0.3 is 9.84 Å². The molecule has 3 rings (SSSR count). The molecule has 0 radical (unpaired) electrons. The Hall–Kier alpha value is -3.13. The molecule has 0 amide bonds. The number of ether oxygens (including phenoxy) is 1. The van der Waals surface area contributed by atoms with Gasteiger partial charge in [-0.2, -0.15) is 10.5 Å². The molecule has 1 aromatic heterocycles. The van der Waals surface area contributed by atoms with E-state index in [-0.39, 0.29) is 11.0 Å². The molecule has 0 saturated heterocycles. The third-order valence-electron chi connectivity index (χ3n) is 4.30. The smallest absolute Gasteiger partial charge is 0.182 e. The lowest BCUT2D eigenvalue weighted by molar-refractivity contribution is -0.0566. The van der Waals surface area contributed by atoms with Crippen molar-refractivity contribution < 1.29 is 9.84 Å². The van der Waals surface area contributed by atoms with Crippen molar-refractivity contribution in [2.75, 3.05) is 0 Å². The van der Waals surface area contributed by atoms with Crippen LogP contribution in [0.25, 0.3) is 0 Å². The lowest BCUT2D eigenvalue weighted by Gasteiger charge is -2.40. The maximum atomic E-state index is 10.9. The number of nitriles is 2. The number of aromatic nitrogens is 1. The van der Waals surface area contributed by atoms with Crippen LogP contribution in [0.3, 0.4) is 0 Å². The molecule has 2 atom stereocenters. The van der Waals surface area contributed by atoms with Gasteiger partial charge in [-0.1, -0.05) is 11.6 Å². The molecule has 136 valence electrons. The lowest BCUT2D eigenvalue weighted by Crippen LogP contribution is -2.48. The van der Waals surface area contributed by atoms with Crippen LogP contribution >= 0.6 is 11.6 Å². The summed E-state index contributed by atoms with van der Waals surface area (Å²) in [5, 5.41) is 31.9. The van der Waals surface area contributed by atoms with Crippen LogP contribution in [0, 0.1) is 22.8 Å². The van der Waals surface area contributed by atoms with Crippen LogP contribution in [-0.4, -0.2) is 27.6 Å². The van der Waals surface area contributed by atoms with Crippen LogP contribution in [0.5, 0.6) is 5.75 Å². The van der Waals surface area contributed by atoms with Crippen molar-refractivity contribution in [1.29, 1.82) is 10.5 Å². The van der Waals surface area contributed by atoms with E-state index in [2.05, 4.69) is 21.4 Å². The van der Waals surface area contributed by atoms with Gasteiger partial charge in [-0.15, -0.1) is 0 Å². The standard InChI is InChI=1S/C19H16ClN5O2/c1-19(2)16(26)15(13-8-11(9-21)5-6-14(13)27-19)25-18(24-10-22)12-4-3-7-23-17(12)20/h3-8,15-16,26H,1-2H3,(H,24,25)/t15-,16+/m0/s1. The minimum Gasteiger partial charge on any atom is -0.485 e. The second-order valence-corrected chi connectivity index (χ2v) is 6.87. The number of pyridine rings is 1. The first-order valence-electron chi connectivity index (χ1n) is 8.12. The number of nitrogens with zero attached hydrogens (tertiary/aromatic N) is 4. The number of aliphatic imine (C=N–C) groups is 1. The average Bonchev–Trinajstić information content (AvgIpc) is 2.64. The molecule has 27 heavy (non-hydrogen) atoms. The van der Waals surface area contributed by atoms with Crippen LogP contribution in [0.2, 0.25) is 5.15 Å². The van der Waals surface area contributed by atoms with Gasteiger partial charge in [-0.3, -0.25) is 10.3 Å². The third-order valence-corrected chi connectivity index (χ3v) is 4.60. The van der Waals surface area contributed by atoms with E-state index in [9.17, 15) is 10.4 Å². The molecule has 1 aromatic carbocycles. The fraction of sp³-hybridized carbons (Fsp3) is 0.263. The zero-order chi connectivity index (χ0) is 19.6. The Bertz CT molecular complexity index is 990. The van der Waals surface area contributed by atoms with E-state index in [1.165, 1.54) is 6.20 Å². The van der Waals surface area contributed by atoms with Crippen LogP contribution in [-0.2, 0) is 0 Å². The zero-order valence-corrected chi connectivity index (χ0v) is 15.4. The molecule has 2 aromatic rings. The molecule has 0 fully saturated rings. The highest BCUT2D eigenvalue weighted by Crippen LogP contribution is 2.42. The van der Waals surface area contributed by atoms with Gasteiger partial charge in [0.05, 0.1) is 17.2 Å². The number of nitrogens with one attached hydrogen (secondary N) is 1. The van der Waals surface area contributed by atoms with Gasteiger partial charge in [-0.05, 0) is 44.2 Å². The normalized spacial score (nSPS) is 20.6. The molecule has 0 spiro atoms. The molecule has 7 nitrogen and oxygen atoms in total. The number of hydrogen-bond acceptors (Lipinski definition) is 6. The Morgan fingerprint density at radius 1 is 1.37 bits per heavy atom. The van der Waals surface area contributed by atoms with Gasteiger partial charge in [0.2, 0.25) is 0 Å². The second-order valence-electron chi connectivity index (χ2n) is 6.52. The first-order valence-corrected chi connectivity index (χ1v) is 8.50. The van der Waals surface area contributed by atoms with Crippen LogP contribution < -0.4 is 10.1 Å². The topological polar surface area (TPSA) is 114 Å². The summed E-state index contributed by atoms with van der Waals surface area (Å²) in [6.07, 6.45) is 2.33. The number of aliphatic hydroxyl groups excluding tert-OH is 1. The van der Waals surface area contributed by atoms with E-state index in [0.29, 0.717) is 22.4 Å². The minimum atomic E-state index is -1.02. The van der Waals surface area contributed by atoms with E-state index in [0.717, 1.165) is 0 Å². The van der Waals surface area contributed by atoms with E-state index < -0.39 is 17.7 Å². The fourth-order valence-electron chi connectivity index (χ4n) is 2.90. The van der Waals surface area contributed by atoms with Crippen LogP contribution in [0.4, 0.5) is 0 Å². The molecule has 2 N–H and O–H groups in total. The van der Waals surface area contributed by atoms with Gasteiger partial charge in [0.1, 0.15) is 34.5 Å². The molecule has 0 bridgehead atoms. The predicted octanol–water partition coefficient (Wildman–Crippen LogP) is 2.70. The molecular formula is C19H16ClN5O2. The fourth-order valence-corrected chi connectivity index (χ4v) is 3.11. The highest BCUT2D eigenvalue weighted by Gasteiger charge is 2.43. The van der Waals surface area contributed by atoms with Crippen molar-refractivity contribution >= 4 is 17.4 Å². The summed E-state index contributed by atoms with van der Waals surface area (Å²) < 4.78 is 5.88. The molecule has 0 saturated carbocycles. The molecule has 1 aliphatic heterocycles. The van der Waals surface area contributed by atoms with Gasteiger partial charge in [0.15, 0.2) is 6.19 Å². The SMILES string of the molecule is CC1(C)Oc2ccc(C#N)cc2[C@H](N=C(NC#N)c2cccnc2Cl)[C@H]1O. The first-order chi connectivity index (χ1) is 12.9. The van der Waals surface area contributed by atoms with Gasteiger partial charge in [-0.25, -0.2) is 4.98 Å². The molecule has 0 aliphatic carbocycles. The van der Waals surface area contributed by atoms with Gasteiger partial charge >= 0.3 is 0 Å². The van der Waals surface area contributed by atoms with Crippen molar-refractivity contribution in [1.82, 2.24) is 10.3 Å². The minimum absolute atomic E-state index is 0.172. The van der Waals surface area contributed by atoms with Gasteiger partial charge in [0, 0.05) is 11.8 Å². The second kappa shape index (κ2) is 7.24. The number of hydrogen-bond donors (Lipinski definition) is 2. The molecule has 1 aliphatic rings. The number of fused-ring (bicyclic) bond motifs is 1. The maximum Gasteiger partial charge on any atom is 0.182 e. The largest absolute Gasteiger partial charge is 0.485 e. The zero-order valence-electron chi connectivity index (χ0n) is 14.6. The Kier molecular flexibility index (Phi) is 5.00. The quantitative estimate of drug-likeness (QED) is 0.272. The summed E-state index contributed by atoms with van der Waals surface area (Å²) in [7, 11) is 0. The number of benzene rings is 1. The van der Waals surface area contributed by atoms with Crippen molar-refractivity contribution in [2.24, 2.45) is 4.99 Å². The van der Waals surface area contributed by atoms with Gasteiger partial charge in [0.25, 0.3) is 0 Å². The Morgan fingerprint density at radius 3 is 2.81 bits per heavy atom. The summed E-state index contributed by atoms with van der Waals surface area (Å²) in [5.41, 5.74) is 0.471. The maximum absolute atomic E-state index is 10.9. The predicted molar refractivity (Wildman–Crippen MR) is 99.1 cm³/mol. The van der Waals surface area contributed by atoms with E-state index in [4.69, 9.17) is 21.6 Å². The third kappa shape index (κ3) is 3.56. The van der Waals surface area contributed by atoms with E-state index in [1.54, 1.807) is 44.2 Å². The first kappa shape index (κ1) is 18.7. The summed E-state index contributed by atoms with van der Waals surface area (Å²) >= 11 is 6.14. The van der Waals surface area contributed by atoms with Crippen LogP contribution in [0.15, 0.2) is 41.5 Å². The molecular weight excluding hydrogens is 366 g/mol. The summed E-state index contributed by atoms with van der Waals surface area (Å²) in [4.78, 5) is 8.57. The highest BCUT2D eigenvalue weighted by molar-refractivity contribution is 6.33. The highest BCUT2D eigenvalue weighted by atomic mass is 35.5. The molecule has 0 unspecified atom stereocenters. The Morgan fingerprint density at radius 2 is 2.15 bits per heavy atom. The average molecular weight is 382 g/mol. The summed E-state index contributed by atoms with van der Waals surface area (Å²) in [5.74, 6) is 0.692. The monoisotopic (exact) mass is 381 g/mol. The molecule has 8 heteroatoms.